The van der Waals surface area contributed by atoms with E-state index in [0.717, 1.165) is 40.5 Å². The lowest BCUT2D eigenvalue weighted by atomic mass is 10.1. The highest BCUT2D eigenvalue weighted by atomic mass is 35.5. The van der Waals surface area contributed by atoms with E-state index in [1.807, 2.05) is 36.5 Å². The third-order valence-corrected chi connectivity index (χ3v) is 5.79. The van der Waals surface area contributed by atoms with Crippen LogP contribution in [0, 0.1) is 6.92 Å². The largest absolute Gasteiger partial charge is 0.376 e. The van der Waals surface area contributed by atoms with E-state index in [9.17, 15) is 0 Å². The molecule has 2 fully saturated rings. The minimum atomic E-state index is 0.0405. The summed E-state index contributed by atoms with van der Waals surface area (Å²) in [6.45, 7) is 4.85. The Labute approximate surface area is 174 Å². The Hall–Kier alpha value is -2.41. The fourth-order valence-electron chi connectivity index (χ4n) is 4.06. The smallest absolute Gasteiger partial charge is 0.129 e. The molecule has 0 unspecified atom stereocenters. The molecule has 0 aliphatic carbocycles. The Morgan fingerprint density at radius 3 is 2.62 bits per heavy atom. The summed E-state index contributed by atoms with van der Waals surface area (Å²) in [5.41, 5.74) is 3.11. The summed E-state index contributed by atoms with van der Waals surface area (Å²) in [5.74, 6) is 0.961. The molecule has 7 heteroatoms. The monoisotopic (exact) mass is 410 g/mol. The number of nitrogens with one attached hydrogen (secondary N) is 1. The molecule has 1 aromatic carbocycles. The van der Waals surface area contributed by atoms with Crippen molar-refractivity contribution in [3.8, 4) is 0 Å². The fraction of sp³-hybridized carbons (Fsp3) is 0.364. The summed E-state index contributed by atoms with van der Waals surface area (Å²) >= 11 is 6.14. The molecule has 150 valence electrons. The van der Waals surface area contributed by atoms with E-state index in [0.29, 0.717) is 13.2 Å². The van der Waals surface area contributed by atoms with Crippen molar-refractivity contribution in [2.45, 2.75) is 25.2 Å². The molecule has 4 heterocycles. The summed E-state index contributed by atoms with van der Waals surface area (Å²) in [6.07, 6.45) is 3.66. The van der Waals surface area contributed by atoms with Crippen LogP contribution in [-0.4, -0.2) is 54.5 Å². The van der Waals surface area contributed by atoms with Crippen LogP contribution in [0.5, 0.6) is 0 Å². The second-order valence-electron chi connectivity index (χ2n) is 7.69. The molecule has 0 amide bonds. The number of nitrogens with zero attached hydrogens (tertiary/aromatic N) is 3. The van der Waals surface area contributed by atoms with Crippen LogP contribution in [0.1, 0.15) is 5.56 Å². The molecule has 1 N–H and O–H groups in total. The molecule has 2 atom stereocenters. The van der Waals surface area contributed by atoms with Gasteiger partial charge >= 0.3 is 0 Å². The van der Waals surface area contributed by atoms with Crippen molar-refractivity contribution in [3.63, 3.8) is 0 Å². The second-order valence-corrected chi connectivity index (χ2v) is 8.13. The van der Waals surface area contributed by atoms with Gasteiger partial charge in [0.1, 0.15) is 18.0 Å². The summed E-state index contributed by atoms with van der Waals surface area (Å²) in [6, 6.07) is 12.0. The van der Waals surface area contributed by atoms with Gasteiger partial charge in [-0.15, -0.1) is 0 Å². The zero-order valence-corrected chi connectivity index (χ0v) is 17.0. The third-order valence-electron chi connectivity index (χ3n) is 5.56. The first-order valence-corrected chi connectivity index (χ1v) is 10.2. The Balaban J connectivity index is 1.28. The maximum atomic E-state index is 6.20. The van der Waals surface area contributed by atoms with Gasteiger partial charge in [-0.2, -0.15) is 0 Å². The van der Waals surface area contributed by atoms with E-state index >= 15 is 0 Å². The van der Waals surface area contributed by atoms with Crippen LogP contribution in [0.3, 0.4) is 0 Å². The number of anilines is 2. The molecular weight excluding hydrogens is 388 g/mol. The van der Waals surface area contributed by atoms with Gasteiger partial charge in [0, 0.05) is 35.9 Å². The molecule has 6 nitrogen and oxygen atoms in total. The van der Waals surface area contributed by atoms with E-state index in [1.54, 1.807) is 6.20 Å². The van der Waals surface area contributed by atoms with Crippen molar-refractivity contribution in [3.05, 3.63) is 59.4 Å². The standard InChI is InChI=1S/C22H23ClN4O2/c1-14-7-22(26-19-5-4-15(23)8-18(14)19)27-10-20-21(11-27)29-13-17(12-28-20)25-16-3-2-6-24-9-16/h2-9,17,20-21,25H,10-13H2,1H3/t20-,21-/m0/s1. The highest BCUT2D eigenvalue weighted by molar-refractivity contribution is 6.31. The van der Waals surface area contributed by atoms with Crippen molar-refractivity contribution in [1.29, 1.82) is 0 Å². The normalized spacial score (nSPS) is 22.5. The van der Waals surface area contributed by atoms with Gasteiger partial charge < -0.3 is 19.7 Å². The third kappa shape index (κ3) is 3.88. The van der Waals surface area contributed by atoms with E-state index in [4.69, 9.17) is 26.1 Å². The van der Waals surface area contributed by atoms with Crippen LogP contribution < -0.4 is 10.2 Å². The lowest BCUT2D eigenvalue weighted by molar-refractivity contribution is -0.00461. The Morgan fingerprint density at radius 1 is 1.10 bits per heavy atom. The van der Waals surface area contributed by atoms with Gasteiger partial charge in [0.05, 0.1) is 30.5 Å². The number of aryl methyl sites for hydroxylation is 1. The molecule has 5 rings (SSSR count). The molecule has 0 saturated carbocycles. The summed E-state index contributed by atoms with van der Waals surface area (Å²) < 4.78 is 12.4. The number of hydrogen-bond donors (Lipinski definition) is 1. The van der Waals surface area contributed by atoms with E-state index in [-0.39, 0.29) is 18.2 Å². The lowest BCUT2D eigenvalue weighted by Crippen LogP contribution is -2.31. The zero-order valence-electron chi connectivity index (χ0n) is 16.2. The molecule has 3 aromatic rings. The van der Waals surface area contributed by atoms with E-state index in [1.165, 1.54) is 5.56 Å². The van der Waals surface area contributed by atoms with Crippen molar-refractivity contribution >= 4 is 34.0 Å². The number of pyridine rings is 2. The van der Waals surface area contributed by atoms with Crippen molar-refractivity contribution in [2.75, 3.05) is 36.5 Å². The molecule has 29 heavy (non-hydrogen) atoms. The second kappa shape index (κ2) is 7.78. The van der Waals surface area contributed by atoms with Crippen molar-refractivity contribution in [1.82, 2.24) is 9.97 Å². The number of aromatic nitrogens is 2. The lowest BCUT2D eigenvalue weighted by Gasteiger charge is -2.21. The minimum Gasteiger partial charge on any atom is -0.376 e. The molecule has 2 aromatic heterocycles. The Bertz CT molecular complexity index is 1000. The minimum absolute atomic E-state index is 0.0405. The fourth-order valence-corrected chi connectivity index (χ4v) is 4.23. The SMILES string of the molecule is Cc1cc(N2C[C@@H]3OCC(Nc4cccnc4)CO[C@H]3C2)nc2ccc(Cl)cc12. The van der Waals surface area contributed by atoms with Gasteiger partial charge in [-0.05, 0) is 48.9 Å². The number of halogens is 1. The number of ether oxygens (including phenoxy) is 2. The summed E-state index contributed by atoms with van der Waals surface area (Å²) in [4.78, 5) is 11.2. The first kappa shape index (κ1) is 18.6. The average molecular weight is 411 g/mol. The highest BCUT2D eigenvalue weighted by Gasteiger charge is 2.38. The zero-order chi connectivity index (χ0) is 19.8. The predicted molar refractivity (Wildman–Crippen MR) is 115 cm³/mol. The summed E-state index contributed by atoms with van der Waals surface area (Å²) in [7, 11) is 0. The first-order valence-electron chi connectivity index (χ1n) is 9.87. The van der Waals surface area contributed by atoms with Gasteiger partial charge in [-0.1, -0.05) is 11.6 Å². The number of fused-ring (bicyclic) bond motifs is 2. The van der Waals surface area contributed by atoms with Crippen LogP contribution in [0.15, 0.2) is 48.8 Å². The van der Waals surface area contributed by atoms with Crippen LogP contribution >= 0.6 is 11.6 Å². The first-order chi connectivity index (χ1) is 14.2. The van der Waals surface area contributed by atoms with Gasteiger partial charge in [-0.25, -0.2) is 4.98 Å². The van der Waals surface area contributed by atoms with Crippen LogP contribution in [-0.2, 0) is 9.47 Å². The van der Waals surface area contributed by atoms with E-state index < -0.39 is 0 Å². The molecule has 2 saturated heterocycles. The predicted octanol–water partition coefficient (Wildman–Crippen LogP) is 3.68. The Morgan fingerprint density at radius 2 is 1.90 bits per heavy atom. The molecule has 0 bridgehead atoms. The maximum Gasteiger partial charge on any atom is 0.129 e. The van der Waals surface area contributed by atoms with Crippen LogP contribution in [0.4, 0.5) is 11.5 Å². The number of benzene rings is 1. The van der Waals surface area contributed by atoms with Crippen molar-refractivity contribution < 1.29 is 9.47 Å². The van der Waals surface area contributed by atoms with Gasteiger partial charge in [0.15, 0.2) is 0 Å². The topological polar surface area (TPSA) is 59.5 Å². The van der Waals surface area contributed by atoms with Gasteiger partial charge in [0.2, 0.25) is 0 Å². The molecule has 2 aliphatic heterocycles. The Kier molecular flexibility index (Phi) is 4.99. The number of hydrogen-bond acceptors (Lipinski definition) is 6. The molecular formula is C22H23ClN4O2. The van der Waals surface area contributed by atoms with Crippen LogP contribution in [0.25, 0.3) is 10.9 Å². The molecule has 0 radical (unpaired) electrons. The molecule has 2 aliphatic rings. The quantitative estimate of drug-likeness (QED) is 0.710. The van der Waals surface area contributed by atoms with E-state index in [2.05, 4.69) is 28.2 Å². The van der Waals surface area contributed by atoms with Crippen LogP contribution in [0.2, 0.25) is 5.02 Å². The summed E-state index contributed by atoms with van der Waals surface area (Å²) in [5, 5.41) is 5.26. The molecule has 0 spiro atoms. The maximum absolute atomic E-state index is 6.20. The highest BCUT2D eigenvalue weighted by Crippen LogP contribution is 2.29. The van der Waals surface area contributed by atoms with Gasteiger partial charge in [-0.3, -0.25) is 4.98 Å². The average Bonchev–Trinajstić information content (AvgIpc) is 3.05. The van der Waals surface area contributed by atoms with Gasteiger partial charge in [0.25, 0.3) is 0 Å². The number of rotatable bonds is 3. The van der Waals surface area contributed by atoms with Crippen molar-refractivity contribution in [2.24, 2.45) is 0 Å².